The number of piperazine rings is 1. The number of Topliss-reactive ketones (excluding diaryl/α,β-unsaturated/α-hetero) is 1. The van der Waals surface area contributed by atoms with Crippen molar-refractivity contribution in [1.82, 2.24) is 9.80 Å². The van der Waals surface area contributed by atoms with Gasteiger partial charge in [0.2, 0.25) is 11.8 Å². The number of ether oxygens (including phenoxy) is 1. The third kappa shape index (κ3) is 4.98. The minimum Gasteiger partial charge on any atom is -0.369 e. The number of hydrogen-bond acceptors (Lipinski definition) is 7. The molecule has 0 spiro atoms. The van der Waals surface area contributed by atoms with Gasteiger partial charge in [-0.3, -0.25) is 19.3 Å². The highest BCUT2D eigenvalue weighted by molar-refractivity contribution is 5.99. The van der Waals surface area contributed by atoms with Crippen LogP contribution in [-0.4, -0.2) is 91.5 Å². The Morgan fingerprint density at radius 1 is 1.21 bits per heavy atom. The van der Waals surface area contributed by atoms with Gasteiger partial charge in [0.25, 0.3) is 0 Å². The van der Waals surface area contributed by atoms with Crippen molar-refractivity contribution in [2.24, 2.45) is 16.8 Å². The monoisotopic (exact) mass is 523 g/mol. The van der Waals surface area contributed by atoms with Crippen LogP contribution in [0.15, 0.2) is 23.3 Å². The van der Waals surface area contributed by atoms with Gasteiger partial charge in [-0.05, 0) is 61.0 Å². The molecule has 3 aliphatic heterocycles. The van der Waals surface area contributed by atoms with Crippen molar-refractivity contribution >= 4 is 23.3 Å². The maximum atomic E-state index is 14.4. The third-order valence-electron chi connectivity index (χ3n) is 8.69. The molecular formula is C27H37N7O4. The van der Waals surface area contributed by atoms with Gasteiger partial charge in [0, 0.05) is 48.9 Å². The number of benzene rings is 1. The number of azide groups is 1. The Bertz CT molecular complexity index is 1120. The second-order valence-corrected chi connectivity index (χ2v) is 10.9. The first-order chi connectivity index (χ1) is 18.4. The Labute approximate surface area is 222 Å². The SMILES string of the molecule is CCCN1CCN(c2ccc(C(N)=O)c([C@@H](C(=O)N3C[C@H](N=[N+]=[N-])[C@H]4OCC(=O)[C@H]43)C3CCCC3)c2)CC1. The first kappa shape index (κ1) is 26.5. The highest BCUT2D eigenvalue weighted by atomic mass is 16.5. The van der Waals surface area contributed by atoms with Gasteiger partial charge < -0.3 is 20.3 Å². The van der Waals surface area contributed by atoms with E-state index in [0.717, 1.165) is 70.5 Å². The molecule has 5 rings (SSSR count). The number of anilines is 1. The van der Waals surface area contributed by atoms with Crippen molar-refractivity contribution in [2.75, 3.05) is 50.8 Å². The number of nitrogens with zero attached hydrogens (tertiary/aromatic N) is 6. The summed E-state index contributed by atoms with van der Waals surface area (Å²) >= 11 is 0. The van der Waals surface area contributed by atoms with Gasteiger partial charge >= 0.3 is 0 Å². The Morgan fingerprint density at radius 2 is 1.95 bits per heavy atom. The zero-order valence-corrected chi connectivity index (χ0v) is 22.0. The van der Waals surface area contributed by atoms with Crippen LogP contribution in [0.5, 0.6) is 0 Å². The van der Waals surface area contributed by atoms with Crippen LogP contribution < -0.4 is 10.6 Å². The lowest BCUT2D eigenvalue weighted by atomic mass is 9.80. The number of primary amides is 1. The molecule has 2 amide bonds. The molecule has 1 aromatic rings. The largest absolute Gasteiger partial charge is 0.369 e. The quantitative estimate of drug-likeness (QED) is 0.315. The molecule has 11 heteroatoms. The Balaban J connectivity index is 1.50. The van der Waals surface area contributed by atoms with Crippen molar-refractivity contribution in [2.45, 2.75) is 63.1 Å². The normalized spacial score (nSPS) is 26.9. The summed E-state index contributed by atoms with van der Waals surface area (Å²) in [6, 6.07) is 4.26. The molecule has 0 unspecified atom stereocenters. The maximum Gasteiger partial charge on any atom is 0.249 e. The van der Waals surface area contributed by atoms with E-state index in [9.17, 15) is 14.4 Å². The zero-order valence-electron chi connectivity index (χ0n) is 22.0. The molecule has 0 bridgehead atoms. The summed E-state index contributed by atoms with van der Waals surface area (Å²) in [7, 11) is 0. The fraction of sp³-hybridized carbons (Fsp3) is 0.667. The van der Waals surface area contributed by atoms with E-state index in [1.807, 2.05) is 12.1 Å². The fourth-order valence-corrected chi connectivity index (χ4v) is 6.86. The topological polar surface area (TPSA) is 145 Å². The van der Waals surface area contributed by atoms with Crippen molar-refractivity contribution in [3.05, 3.63) is 39.8 Å². The molecule has 3 saturated heterocycles. The van der Waals surface area contributed by atoms with Crippen molar-refractivity contribution in [3.8, 4) is 0 Å². The summed E-state index contributed by atoms with van der Waals surface area (Å²) in [6.07, 6.45) is 4.23. The average molecular weight is 524 g/mol. The second kappa shape index (κ2) is 11.3. The van der Waals surface area contributed by atoms with Crippen molar-refractivity contribution in [3.63, 3.8) is 0 Å². The second-order valence-electron chi connectivity index (χ2n) is 10.9. The molecule has 0 aromatic heterocycles. The smallest absolute Gasteiger partial charge is 0.249 e. The molecule has 0 radical (unpaired) electrons. The molecule has 38 heavy (non-hydrogen) atoms. The predicted octanol–water partition coefficient (Wildman–Crippen LogP) is 2.45. The van der Waals surface area contributed by atoms with E-state index in [0.29, 0.717) is 11.1 Å². The Kier molecular flexibility index (Phi) is 7.88. The summed E-state index contributed by atoms with van der Waals surface area (Å²) in [5, 5.41) is 3.83. The standard InChI is InChI=1S/C27H37N7O4/c1-2-9-32-10-12-33(13-11-32)18-7-8-19(26(28)36)20(14-18)23(17-5-3-4-6-17)27(37)34-15-21(30-31-29)25-24(34)22(35)16-38-25/h7-8,14,17,21,23-25H,2-6,9-13,15-16H2,1H3,(H2,28,36)/t21-,23-,24+,25+/m0/s1. The number of carbonyl (C=O) groups excluding carboxylic acids is 3. The molecule has 204 valence electrons. The molecule has 4 aliphatic rings. The third-order valence-corrected chi connectivity index (χ3v) is 8.69. The molecule has 3 heterocycles. The Morgan fingerprint density at radius 3 is 2.61 bits per heavy atom. The van der Waals surface area contributed by atoms with E-state index in [4.69, 9.17) is 16.0 Å². The number of carbonyl (C=O) groups is 3. The van der Waals surface area contributed by atoms with Gasteiger partial charge in [-0.1, -0.05) is 24.9 Å². The van der Waals surface area contributed by atoms with Crippen molar-refractivity contribution < 1.29 is 19.1 Å². The highest BCUT2D eigenvalue weighted by Crippen LogP contribution is 2.43. The van der Waals surface area contributed by atoms with E-state index >= 15 is 0 Å². The summed E-state index contributed by atoms with van der Waals surface area (Å²) in [4.78, 5) is 49.0. The number of likely N-dealkylation sites (tertiary alicyclic amines) is 1. The molecule has 2 N–H and O–H groups in total. The number of nitrogens with two attached hydrogens (primary N) is 1. The van der Waals surface area contributed by atoms with Gasteiger partial charge in [0.15, 0.2) is 5.78 Å². The number of fused-ring (bicyclic) bond motifs is 1. The van der Waals surface area contributed by atoms with Crippen LogP contribution >= 0.6 is 0 Å². The van der Waals surface area contributed by atoms with Gasteiger partial charge in [-0.2, -0.15) is 0 Å². The number of ketones is 1. The molecule has 1 aromatic carbocycles. The first-order valence-corrected chi connectivity index (χ1v) is 13.8. The summed E-state index contributed by atoms with van der Waals surface area (Å²) in [5.74, 6) is -1.54. The number of hydrogen-bond donors (Lipinski definition) is 1. The number of amides is 2. The zero-order chi connectivity index (χ0) is 26.8. The summed E-state index contributed by atoms with van der Waals surface area (Å²) in [5.41, 5.74) is 16.9. The summed E-state index contributed by atoms with van der Waals surface area (Å²) in [6.45, 7) is 6.95. The van der Waals surface area contributed by atoms with Crippen LogP contribution in [0.25, 0.3) is 10.4 Å². The van der Waals surface area contributed by atoms with E-state index in [-0.39, 0.29) is 30.8 Å². The maximum absolute atomic E-state index is 14.4. The van der Waals surface area contributed by atoms with Crippen molar-refractivity contribution in [1.29, 1.82) is 0 Å². The van der Waals surface area contributed by atoms with Crippen LogP contribution in [0, 0.1) is 5.92 Å². The van der Waals surface area contributed by atoms with Crippen LogP contribution in [-0.2, 0) is 14.3 Å². The molecule has 4 atom stereocenters. The van der Waals surface area contributed by atoms with Crippen LogP contribution in [0.1, 0.15) is 60.9 Å². The predicted molar refractivity (Wildman–Crippen MR) is 142 cm³/mol. The Hall–Kier alpha value is -3.14. The number of rotatable bonds is 8. The first-order valence-electron chi connectivity index (χ1n) is 13.8. The van der Waals surface area contributed by atoms with E-state index in [1.165, 1.54) is 0 Å². The minimum absolute atomic E-state index is 0.0339. The van der Waals surface area contributed by atoms with Crippen LogP contribution in [0.4, 0.5) is 5.69 Å². The van der Waals surface area contributed by atoms with Crippen LogP contribution in [0.2, 0.25) is 0 Å². The highest BCUT2D eigenvalue weighted by Gasteiger charge is 2.53. The lowest BCUT2D eigenvalue weighted by Gasteiger charge is -2.37. The molecule has 1 saturated carbocycles. The van der Waals surface area contributed by atoms with E-state index in [1.54, 1.807) is 11.0 Å². The van der Waals surface area contributed by atoms with Gasteiger partial charge in [0.05, 0.1) is 18.1 Å². The molecular weight excluding hydrogens is 486 g/mol. The van der Waals surface area contributed by atoms with Gasteiger partial charge in [-0.15, -0.1) is 0 Å². The lowest BCUT2D eigenvalue weighted by Crippen LogP contribution is -2.47. The van der Waals surface area contributed by atoms with Gasteiger partial charge in [0.1, 0.15) is 12.6 Å². The van der Waals surface area contributed by atoms with Gasteiger partial charge in [-0.25, -0.2) is 0 Å². The molecule has 1 aliphatic carbocycles. The lowest BCUT2D eigenvalue weighted by molar-refractivity contribution is -0.138. The van der Waals surface area contributed by atoms with Crippen LogP contribution in [0.3, 0.4) is 0 Å². The molecule has 11 nitrogen and oxygen atoms in total. The minimum atomic E-state index is -0.770. The average Bonchev–Trinajstić information content (AvgIpc) is 3.65. The molecule has 4 fully saturated rings. The van der Waals surface area contributed by atoms with E-state index < -0.39 is 30.0 Å². The van der Waals surface area contributed by atoms with E-state index in [2.05, 4.69) is 26.7 Å². The summed E-state index contributed by atoms with van der Waals surface area (Å²) < 4.78 is 5.64. The fourth-order valence-electron chi connectivity index (χ4n) is 6.86.